The molecule has 9 heteroatoms. The second kappa shape index (κ2) is 7.27. The van der Waals surface area contributed by atoms with Crippen LogP contribution in [0.25, 0.3) is 11.1 Å². The maximum absolute atomic E-state index is 13.1. The third kappa shape index (κ3) is 4.90. The van der Waals surface area contributed by atoms with Crippen molar-refractivity contribution in [1.29, 1.82) is 0 Å². The third-order valence-electron chi connectivity index (χ3n) is 3.20. The molecule has 0 aliphatic carbocycles. The van der Waals surface area contributed by atoms with E-state index in [0.29, 0.717) is 12.1 Å². The van der Waals surface area contributed by atoms with Gasteiger partial charge in [0.25, 0.3) is 0 Å². The highest BCUT2D eigenvalue weighted by Crippen LogP contribution is 2.38. The van der Waals surface area contributed by atoms with Crippen molar-refractivity contribution < 1.29 is 40.6 Å². The Morgan fingerprint density at radius 2 is 1.65 bits per heavy atom. The van der Waals surface area contributed by atoms with Crippen LogP contribution in [0.1, 0.15) is 22.8 Å². The minimum Gasteiger partial charge on any atom is -0.462 e. The molecule has 0 saturated carbocycles. The fourth-order valence-corrected chi connectivity index (χ4v) is 2.20. The first kappa shape index (κ1) is 19.6. The summed E-state index contributed by atoms with van der Waals surface area (Å²) in [5.74, 6) is -1.71. The van der Waals surface area contributed by atoms with E-state index < -0.39 is 35.4 Å². The minimum absolute atomic E-state index is 0.0712. The molecule has 2 rings (SSSR count). The molecule has 0 heterocycles. The number of alkyl halides is 6. The Bertz CT molecular complexity index is 796. The summed E-state index contributed by atoms with van der Waals surface area (Å²) in [4.78, 5) is 11.8. The van der Waals surface area contributed by atoms with Crippen LogP contribution in [0.4, 0.5) is 26.3 Å². The fraction of sp³-hybridized carbons (Fsp3) is 0.235. The van der Waals surface area contributed by atoms with Crippen LogP contribution < -0.4 is 4.74 Å². The summed E-state index contributed by atoms with van der Waals surface area (Å²) in [6, 6.07) is 6.94. The molecule has 0 unspecified atom stereocenters. The zero-order valence-corrected chi connectivity index (χ0v) is 13.2. The summed E-state index contributed by atoms with van der Waals surface area (Å²) in [5, 5.41) is 0. The first-order valence-corrected chi connectivity index (χ1v) is 7.26. The van der Waals surface area contributed by atoms with Crippen molar-refractivity contribution in [2.24, 2.45) is 0 Å². The van der Waals surface area contributed by atoms with E-state index in [0.717, 1.165) is 18.2 Å². The normalized spacial score (nSPS) is 12.0. The van der Waals surface area contributed by atoms with Gasteiger partial charge in [-0.05, 0) is 36.8 Å². The van der Waals surface area contributed by atoms with Crippen LogP contribution in [0.15, 0.2) is 42.5 Å². The average molecular weight is 378 g/mol. The topological polar surface area (TPSA) is 35.5 Å². The molecule has 0 aliphatic rings. The number of halogens is 6. The van der Waals surface area contributed by atoms with Crippen LogP contribution in [0.2, 0.25) is 0 Å². The molecule has 2 aromatic carbocycles. The largest absolute Gasteiger partial charge is 0.573 e. The highest BCUT2D eigenvalue weighted by molar-refractivity contribution is 5.92. The third-order valence-corrected chi connectivity index (χ3v) is 3.20. The van der Waals surface area contributed by atoms with Crippen molar-refractivity contribution in [3.63, 3.8) is 0 Å². The first-order valence-electron chi connectivity index (χ1n) is 7.26. The number of esters is 1. The smallest absolute Gasteiger partial charge is 0.462 e. The molecule has 0 atom stereocenters. The van der Waals surface area contributed by atoms with Gasteiger partial charge in [0.15, 0.2) is 0 Å². The SMILES string of the molecule is CCOC(=O)c1cc(-c2ccccc2OC(F)(F)F)cc(C(F)(F)F)c1. The average Bonchev–Trinajstić information content (AvgIpc) is 2.53. The second-order valence-corrected chi connectivity index (χ2v) is 5.06. The van der Waals surface area contributed by atoms with E-state index >= 15 is 0 Å². The molecular formula is C17H12F6O3. The molecule has 3 nitrogen and oxygen atoms in total. The van der Waals surface area contributed by atoms with Gasteiger partial charge in [0, 0.05) is 5.56 Å². The van der Waals surface area contributed by atoms with Crippen LogP contribution >= 0.6 is 0 Å². The number of para-hydroxylation sites is 1. The van der Waals surface area contributed by atoms with Gasteiger partial charge in [-0.15, -0.1) is 13.2 Å². The van der Waals surface area contributed by atoms with Gasteiger partial charge in [-0.2, -0.15) is 13.2 Å². The lowest BCUT2D eigenvalue weighted by Crippen LogP contribution is -2.17. The van der Waals surface area contributed by atoms with Gasteiger partial charge in [0.05, 0.1) is 17.7 Å². The molecule has 0 spiro atoms. The van der Waals surface area contributed by atoms with Gasteiger partial charge in [-0.3, -0.25) is 0 Å². The zero-order valence-electron chi connectivity index (χ0n) is 13.2. The number of carbonyl (C=O) groups is 1. The Hall–Kier alpha value is -2.71. The van der Waals surface area contributed by atoms with Crippen LogP contribution in [-0.2, 0) is 10.9 Å². The lowest BCUT2D eigenvalue weighted by atomic mass is 9.98. The summed E-state index contributed by atoms with van der Waals surface area (Å²) < 4.78 is 85.5. The van der Waals surface area contributed by atoms with Crippen LogP contribution in [0.5, 0.6) is 5.75 Å². The van der Waals surface area contributed by atoms with Crippen molar-refractivity contribution in [1.82, 2.24) is 0 Å². The highest BCUT2D eigenvalue weighted by Gasteiger charge is 2.34. The molecule has 0 radical (unpaired) electrons. The van der Waals surface area contributed by atoms with E-state index in [9.17, 15) is 31.1 Å². The van der Waals surface area contributed by atoms with Gasteiger partial charge in [0.2, 0.25) is 0 Å². The maximum Gasteiger partial charge on any atom is 0.573 e. The standard InChI is InChI=1S/C17H12F6O3/c1-2-25-15(24)11-7-10(8-12(9-11)16(18,19)20)13-5-3-4-6-14(13)26-17(21,22)23/h3-9H,2H2,1H3. The molecule has 0 bridgehead atoms. The van der Waals surface area contributed by atoms with Gasteiger partial charge in [0.1, 0.15) is 5.75 Å². The summed E-state index contributed by atoms with van der Waals surface area (Å²) in [7, 11) is 0. The lowest BCUT2D eigenvalue weighted by Gasteiger charge is -2.16. The van der Waals surface area contributed by atoms with Crippen molar-refractivity contribution in [2.75, 3.05) is 6.61 Å². The Labute approximate surface area is 144 Å². The first-order chi connectivity index (χ1) is 12.0. The predicted molar refractivity (Wildman–Crippen MR) is 79.5 cm³/mol. The summed E-state index contributed by atoms with van der Waals surface area (Å²) >= 11 is 0. The molecule has 0 aliphatic heterocycles. The lowest BCUT2D eigenvalue weighted by molar-refractivity contribution is -0.274. The molecule has 0 N–H and O–H groups in total. The van der Waals surface area contributed by atoms with Crippen molar-refractivity contribution in [3.8, 4) is 16.9 Å². The molecule has 0 amide bonds. The van der Waals surface area contributed by atoms with Gasteiger partial charge in [-0.25, -0.2) is 4.79 Å². The zero-order chi connectivity index (χ0) is 19.5. The Morgan fingerprint density at radius 1 is 1.00 bits per heavy atom. The molecule has 0 fully saturated rings. The minimum atomic E-state index is -5.03. The Kier molecular flexibility index (Phi) is 5.48. The predicted octanol–water partition coefficient (Wildman–Crippen LogP) is 5.45. The van der Waals surface area contributed by atoms with Crippen LogP contribution in [0, 0.1) is 0 Å². The molecule has 2 aromatic rings. The Balaban J connectivity index is 2.63. The number of rotatable bonds is 4. The van der Waals surface area contributed by atoms with E-state index in [1.54, 1.807) is 0 Å². The van der Waals surface area contributed by atoms with Gasteiger partial charge >= 0.3 is 18.5 Å². The van der Waals surface area contributed by atoms with E-state index in [2.05, 4.69) is 9.47 Å². The quantitative estimate of drug-likeness (QED) is 0.524. The number of ether oxygens (including phenoxy) is 2. The molecule has 26 heavy (non-hydrogen) atoms. The number of hydrogen-bond donors (Lipinski definition) is 0. The molecule has 0 saturated heterocycles. The van der Waals surface area contributed by atoms with Gasteiger partial charge < -0.3 is 9.47 Å². The molecule has 140 valence electrons. The Morgan fingerprint density at radius 3 is 2.23 bits per heavy atom. The highest BCUT2D eigenvalue weighted by atomic mass is 19.4. The van der Waals surface area contributed by atoms with E-state index in [-0.39, 0.29) is 17.7 Å². The second-order valence-electron chi connectivity index (χ2n) is 5.06. The maximum atomic E-state index is 13.1. The summed E-state index contributed by atoms with van der Waals surface area (Å²) in [6.45, 7) is 1.40. The monoisotopic (exact) mass is 378 g/mol. The number of benzene rings is 2. The summed E-state index contributed by atoms with van der Waals surface area (Å²) in [5.41, 5.74) is -2.14. The number of hydrogen-bond acceptors (Lipinski definition) is 3. The van der Waals surface area contributed by atoms with E-state index in [1.165, 1.54) is 19.1 Å². The molecule has 0 aromatic heterocycles. The van der Waals surface area contributed by atoms with Crippen LogP contribution in [-0.4, -0.2) is 18.9 Å². The van der Waals surface area contributed by atoms with Crippen molar-refractivity contribution >= 4 is 5.97 Å². The van der Waals surface area contributed by atoms with Crippen molar-refractivity contribution in [3.05, 3.63) is 53.6 Å². The summed E-state index contributed by atoms with van der Waals surface area (Å²) in [6.07, 6.45) is -9.83. The number of carbonyl (C=O) groups excluding carboxylic acids is 1. The van der Waals surface area contributed by atoms with Gasteiger partial charge in [-0.1, -0.05) is 18.2 Å². The molecular weight excluding hydrogens is 366 g/mol. The van der Waals surface area contributed by atoms with Crippen LogP contribution in [0.3, 0.4) is 0 Å². The fourth-order valence-electron chi connectivity index (χ4n) is 2.20. The van der Waals surface area contributed by atoms with E-state index in [4.69, 9.17) is 0 Å². The van der Waals surface area contributed by atoms with Crippen molar-refractivity contribution in [2.45, 2.75) is 19.5 Å². The van der Waals surface area contributed by atoms with E-state index in [1.807, 2.05) is 0 Å².